The Morgan fingerprint density at radius 2 is 2.00 bits per heavy atom. The van der Waals surface area contributed by atoms with Gasteiger partial charge in [-0.3, -0.25) is 0 Å². The van der Waals surface area contributed by atoms with E-state index in [4.69, 9.17) is 10.5 Å². The van der Waals surface area contributed by atoms with E-state index in [2.05, 4.69) is 4.74 Å². The normalized spacial score (nSPS) is 11.6. The van der Waals surface area contributed by atoms with Crippen LogP contribution in [0.5, 0.6) is 5.75 Å². The summed E-state index contributed by atoms with van der Waals surface area (Å²) in [5.74, 6) is 0.483. The molecule has 0 aromatic heterocycles. The van der Waals surface area contributed by atoms with Crippen LogP contribution in [0.2, 0.25) is 0 Å². The molecule has 1 rings (SSSR count). The van der Waals surface area contributed by atoms with E-state index in [1.165, 1.54) is 0 Å². The van der Waals surface area contributed by atoms with Gasteiger partial charge in [-0.05, 0) is 12.5 Å². The lowest BCUT2D eigenvalue weighted by atomic mass is 10.1. The quantitative estimate of drug-likeness (QED) is 0.643. The smallest absolute Gasteiger partial charge is 0.411 e. The Bertz CT molecular complexity index is 366. The first-order valence-corrected chi connectivity index (χ1v) is 5.00. The first-order valence-electron chi connectivity index (χ1n) is 5.00. The molecule has 0 fully saturated rings. The Morgan fingerprint density at radius 3 is 2.59 bits per heavy atom. The summed E-state index contributed by atoms with van der Waals surface area (Å²) in [7, 11) is 0. The number of hydrogen-bond acceptors (Lipinski definition) is 3. The number of rotatable bonds is 5. The monoisotopic (exact) mass is 249 g/mol. The van der Waals surface area contributed by atoms with Crippen molar-refractivity contribution in [2.45, 2.75) is 19.6 Å². The van der Waals surface area contributed by atoms with Gasteiger partial charge in [-0.1, -0.05) is 18.2 Å². The average Bonchev–Trinajstić information content (AvgIpc) is 2.24. The van der Waals surface area contributed by atoms with E-state index in [0.717, 1.165) is 11.1 Å². The van der Waals surface area contributed by atoms with E-state index in [-0.39, 0.29) is 6.54 Å². The molecule has 0 aliphatic rings. The molecule has 6 heteroatoms. The highest BCUT2D eigenvalue weighted by Crippen LogP contribution is 2.23. The molecular formula is C11H14F3NO2. The molecule has 0 aliphatic carbocycles. The molecule has 0 saturated carbocycles. The Kier molecular flexibility index (Phi) is 4.77. The molecule has 3 nitrogen and oxygen atoms in total. The van der Waals surface area contributed by atoms with Gasteiger partial charge in [-0.15, -0.1) is 0 Å². The van der Waals surface area contributed by atoms with Gasteiger partial charge in [0.15, 0.2) is 6.79 Å². The summed E-state index contributed by atoms with van der Waals surface area (Å²) in [5.41, 5.74) is 7.04. The Labute approximate surface area is 97.3 Å². The van der Waals surface area contributed by atoms with Crippen LogP contribution in [0.3, 0.4) is 0 Å². The van der Waals surface area contributed by atoms with E-state index < -0.39 is 19.6 Å². The SMILES string of the molecule is Cc1cccc(CN)c1OCOCC(F)(F)F. The molecule has 0 spiro atoms. The van der Waals surface area contributed by atoms with E-state index in [1.807, 2.05) is 0 Å². The zero-order chi connectivity index (χ0) is 12.9. The molecular weight excluding hydrogens is 235 g/mol. The van der Waals surface area contributed by atoms with Gasteiger partial charge in [0.2, 0.25) is 0 Å². The van der Waals surface area contributed by atoms with Crippen molar-refractivity contribution >= 4 is 0 Å². The second-order valence-corrected chi connectivity index (χ2v) is 3.49. The largest absolute Gasteiger partial charge is 0.467 e. The van der Waals surface area contributed by atoms with Gasteiger partial charge in [0.1, 0.15) is 12.4 Å². The van der Waals surface area contributed by atoms with E-state index in [0.29, 0.717) is 5.75 Å². The molecule has 0 aliphatic heterocycles. The van der Waals surface area contributed by atoms with E-state index in [1.54, 1.807) is 25.1 Å². The van der Waals surface area contributed by atoms with Crippen LogP contribution in [0.15, 0.2) is 18.2 Å². The fourth-order valence-corrected chi connectivity index (χ4v) is 1.34. The highest BCUT2D eigenvalue weighted by atomic mass is 19.4. The lowest BCUT2D eigenvalue weighted by Crippen LogP contribution is -2.19. The number of benzene rings is 1. The highest BCUT2D eigenvalue weighted by Gasteiger charge is 2.27. The molecule has 0 radical (unpaired) electrons. The van der Waals surface area contributed by atoms with Crippen molar-refractivity contribution in [3.05, 3.63) is 29.3 Å². The number of nitrogens with two attached hydrogens (primary N) is 1. The molecule has 1 aromatic rings. The third-order valence-electron chi connectivity index (χ3n) is 2.07. The molecule has 17 heavy (non-hydrogen) atoms. The third kappa shape index (κ3) is 4.62. The first kappa shape index (κ1) is 13.8. The number of aryl methyl sites for hydroxylation is 1. The maximum atomic E-state index is 11.8. The van der Waals surface area contributed by atoms with Crippen LogP contribution in [0.1, 0.15) is 11.1 Å². The minimum atomic E-state index is -4.34. The molecule has 0 amide bonds. The topological polar surface area (TPSA) is 44.5 Å². The summed E-state index contributed by atoms with van der Waals surface area (Å²) in [4.78, 5) is 0. The second kappa shape index (κ2) is 5.88. The van der Waals surface area contributed by atoms with Crippen LogP contribution in [0.4, 0.5) is 13.2 Å². The maximum absolute atomic E-state index is 11.8. The lowest BCUT2D eigenvalue weighted by Gasteiger charge is -2.13. The van der Waals surface area contributed by atoms with Gasteiger partial charge in [0, 0.05) is 12.1 Å². The Balaban J connectivity index is 2.52. The van der Waals surface area contributed by atoms with E-state index >= 15 is 0 Å². The summed E-state index contributed by atoms with van der Waals surface area (Å²) in [6.45, 7) is 0.280. The molecule has 2 N–H and O–H groups in total. The number of ether oxygens (including phenoxy) is 2. The van der Waals surface area contributed by atoms with Crippen LogP contribution >= 0.6 is 0 Å². The summed E-state index contributed by atoms with van der Waals surface area (Å²) < 4.78 is 44.9. The van der Waals surface area contributed by atoms with Gasteiger partial charge in [0.25, 0.3) is 0 Å². The molecule has 0 atom stereocenters. The number of halogens is 3. The summed E-state index contributed by atoms with van der Waals surface area (Å²) in [6.07, 6.45) is -4.34. The van der Waals surface area contributed by atoms with Crippen LogP contribution in [0.25, 0.3) is 0 Å². The zero-order valence-corrected chi connectivity index (χ0v) is 9.38. The maximum Gasteiger partial charge on any atom is 0.411 e. The standard InChI is InChI=1S/C11H14F3NO2/c1-8-3-2-4-9(5-15)10(8)17-7-16-6-11(12,13)14/h2-4H,5-7,15H2,1H3. The van der Waals surface area contributed by atoms with Crippen molar-refractivity contribution in [2.24, 2.45) is 5.73 Å². The fraction of sp³-hybridized carbons (Fsp3) is 0.455. The zero-order valence-electron chi connectivity index (χ0n) is 9.38. The van der Waals surface area contributed by atoms with Crippen molar-refractivity contribution in [3.63, 3.8) is 0 Å². The van der Waals surface area contributed by atoms with Crippen molar-refractivity contribution in [3.8, 4) is 5.75 Å². The van der Waals surface area contributed by atoms with Crippen molar-refractivity contribution in [2.75, 3.05) is 13.4 Å². The van der Waals surface area contributed by atoms with Crippen LogP contribution < -0.4 is 10.5 Å². The summed E-state index contributed by atoms with van der Waals surface area (Å²) in [5, 5.41) is 0. The van der Waals surface area contributed by atoms with Gasteiger partial charge >= 0.3 is 6.18 Å². The molecule has 0 heterocycles. The minimum absolute atomic E-state index is 0.260. The predicted molar refractivity (Wildman–Crippen MR) is 56.6 cm³/mol. The Hall–Kier alpha value is -1.27. The van der Waals surface area contributed by atoms with Gasteiger partial charge in [0.05, 0.1) is 0 Å². The van der Waals surface area contributed by atoms with Crippen molar-refractivity contribution in [1.82, 2.24) is 0 Å². The first-order chi connectivity index (χ1) is 7.94. The second-order valence-electron chi connectivity index (χ2n) is 3.49. The van der Waals surface area contributed by atoms with Crippen molar-refractivity contribution < 1.29 is 22.6 Å². The van der Waals surface area contributed by atoms with Gasteiger partial charge in [-0.2, -0.15) is 13.2 Å². The van der Waals surface area contributed by atoms with E-state index in [9.17, 15) is 13.2 Å². The fourth-order valence-electron chi connectivity index (χ4n) is 1.34. The molecule has 0 bridgehead atoms. The number of hydrogen-bond donors (Lipinski definition) is 1. The Morgan fingerprint density at radius 1 is 1.29 bits per heavy atom. The summed E-state index contributed by atoms with van der Waals surface area (Å²) >= 11 is 0. The minimum Gasteiger partial charge on any atom is -0.467 e. The predicted octanol–water partition coefficient (Wildman–Crippen LogP) is 2.37. The van der Waals surface area contributed by atoms with Crippen LogP contribution in [-0.2, 0) is 11.3 Å². The molecule has 0 saturated heterocycles. The van der Waals surface area contributed by atoms with Crippen molar-refractivity contribution in [1.29, 1.82) is 0 Å². The summed E-state index contributed by atoms with van der Waals surface area (Å²) in [6, 6.07) is 5.35. The molecule has 1 aromatic carbocycles. The third-order valence-corrected chi connectivity index (χ3v) is 2.07. The number of alkyl halides is 3. The van der Waals surface area contributed by atoms with Crippen LogP contribution in [0, 0.1) is 6.92 Å². The highest BCUT2D eigenvalue weighted by molar-refractivity contribution is 5.40. The van der Waals surface area contributed by atoms with Crippen LogP contribution in [-0.4, -0.2) is 19.6 Å². The molecule has 96 valence electrons. The molecule has 0 unspecified atom stereocenters. The number of para-hydroxylation sites is 1. The average molecular weight is 249 g/mol. The van der Waals surface area contributed by atoms with Gasteiger partial charge in [-0.25, -0.2) is 0 Å². The van der Waals surface area contributed by atoms with Gasteiger partial charge < -0.3 is 15.2 Å². The lowest BCUT2D eigenvalue weighted by molar-refractivity contribution is -0.186.